The normalized spacial score (nSPS) is 19.2. The average Bonchev–Trinajstić information content (AvgIpc) is 3.29. The van der Waals surface area contributed by atoms with Crippen LogP contribution in [0.5, 0.6) is 0 Å². The third kappa shape index (κ3) is 2.51. The lowest BCUT2D eigenvalue weighted by molar-refractivity contribution is 0.177. The van der Waals surface area contributed by atoms with Crippen LogP contribution >= 0.6 is 11.3 Å². The maximum atomic E-state index is 5.18. The van der Waals surface area contributed by atoms with E-state index in [1.165, 1.54) is 28.7 Å². The van der Waals surface area contributed by atoms with E-state index in [4.69, 9.17) is 4.74 Å². The number of aromatic nitrogens is 5. The van der Waals surface area contributed by atoms with Gasteiger partial charge >= 0.3 is 0 Å². The molecule has 5 rings (SSSR count). The van der Waals surface area contributed by atoms with Crippen LogP contribution < -0.4 is 5.32 Å². The topological polar surface area (TPSA) is 77.8 Å². The Labute approximate surface area is 149 Å². The van der Waals surface area contributed by atoms with Crippen molar-refractivity contribution in [1.29, 1.82) is 0 Å². The third-order valence-corrected chi connectivity index (χ3v) is 6.20. The molecular weight excluding hydrogens is 336 g/mol. The van der Waals surface area contributed by atoms with Crippen molar-refractivity contribution in [3.8, 4) is 0 Å². The Hall–Kier alpha value is -2.06. The zero-order valence-electron chi connectivity index (χ0n) is 14.2. The molecule has 0 saturated carbocycles. The van der Waals surface area contributed by atoms with Crippen LogP contribution in [0.1, 0.15) is 47.4 Å². The van der Waals surface area contributed by atoms with E-state index < -0.39 is 0 Å². The number of ether oxygens (including phenoxy) is 1. The lowest BCUT2D eigenvalue weighted by Gasteiger charge is -2.23. The summed E-state index contributed by atoms with van der Waals surface area (Å²) in [5.74, 6) is 2.67. The highest BCUT2D eigenvalue weighted by Crippen LogP contribution is 2.40. The second kappa shape index (κ2) is 6.03. The lowest BCUT2D eigenvalue weighted by atomic mass is 10.1. The first-order chi connectivity index (χ1) is 12.3. The molecule has 0 aromatic carbocycles. The third-order valence-electron chi connectivity index (χ3n) is 5.00. The summed E-state index contributed by atoms with van der Waals surface area (Å²) in [6.07, 6.45) is 7.33. The van der Waals surface area contributed by atoms with Gasteiger partial charge in [0, 0.05) is 18.5 Å². The summed E-state index contributed by atoms with van der Waals surface area (Å²) in [6, 6.07) is 0.127. The molecule has 1 unspecified atom stereocenters. The van der Waals surface area contributed by atoms with E-state index in [1.54, 1.807) is 13.4 Å². The van der Waals surface area contributed by atoms with Gasteiger partial charge in [-0.15, -0.1) is 11.3 Å². The van der Waals surface area contributed by atoms with Gasteiger partial charge in [-0.3, -0.25) is 0 Å². The molecule has 1 aliphatic carbocycles. The van der Waals surface area contributed by atoms with Crippen molar-refractivity contribution in [2.24, 2.45) is 0 Å². The van der Waals surface area contributed by atoms with Crippen LogP contribution in [0, 0.1) is 0 Å². The molecule has 0 spiro atoms. The Bertz CT molecular complexity index is 933. The van der Waals surface area contributed by atoms with E-state index in [0.29, 0.717) is 6.61 Å². The maximum absolute atomic E-state index is 5.18. The highest BCUT2D eigenvalue weighted by atomic mass is 32.1. The average molecular weight is 356 g/mol. The van der Waals surface area contributed by atoms with Gasteiger partial charge in [-0.25, -0.2) is 19.6 Å². The molecule has 0 fully saturated rings. The van der Waals surface area contributed by atoms with Crippen LogP contribution in [0.25, 0.3) is 10.2 Å². The van der Waals surface area contributed by atoms with Crippen molar-refractivity contribution in [2.45, 2.75) is 51.3 Å². The molecular formula is C17H20N6OS. The van der Waals surface area contributed by atoms with Crippen LogP contribution in [-0.2, 0) is 30.7 Å². The molecule has 0 saturated heterocycles. The number of fused-ring (bicyclic) bond motifs is 4. The van der Waals surface area contributed by atoms with Crippen LogP contribution in [0.4, 0.5) is 5.82 Å². The molecule has 1 atom stereocenters. The van der Waals surface area contributed by atoms with E-state index in [1.807, 2.05) is 16.0 Å². The SMILES string of the molecule is COCc1nc2n(n1)CCCC2Nc1ncnc2sc3c(c12)CCC3. The number of thiophene rings is 1. The molecule has 1 N–H and O–H groups in total. The molecule has 25 heavy (non-hydrogen) atoms. The van der Waals surface area contributed by atoms with Crippen LogP contribution in [0.3, 0.4) is 0 Å². The monoisotopic (exact) mass is 356 g/mol. The van der Waals surface area contributed by atoms with Gasteiger partial charge in [0.25, 0.3) is 0 Å². The second-order valence-corrected chi connectivity index (χ2v) is 7.72. The minimum atomic E-state index is 0.127. The summed E-state index contributed by atoms with van der Waals surface area (Å²) in [4.78, 5) is 16.3. The number of hydrogen-bond acceptors (Lipinski definition) is 7. The largest absolute Gasteiger partial charge is 0.377 e. The maximum Gasteiger partial charge on any atom is 0.176 e. The van der Waals surface area contributed by atoms with Gasteiger partial charge in [0.1, 0.15) is 29.4 Å². The highest BCUT2D eigenvalue weighted by Gasteiger charge is 2.27. The zero-order valence-corrected chi connectivity index (χ0v) is 15.0. The summed E-state index contributed by atoms with van der Waals surface area (Å²) in [7, 11) is 1.67. The number of anilines is 1. The molecule has 0 amide bonds. The van der Waals surface area contributed by atoms with Gasteiger partial charge in [0.2, 0.25) is 0 Å². The Kier molecular flexibility index (Phi) is 3.67. The first-order valence-electron chi connectivity index (χ1n) is 8.78. The summed E-state index contributed by atoms with van der Waals surface area (Å²) < 4.78 is 7.18. The van der Waals surface area contributed by atoms with E-state index in [-0.39, 0.29) is 6.04 Å². The first kappa shape index (κ1) is 15.2. The summed E-state index contributed by atoms with van der Waals surface area (Å²) in [6.45, 7) is 1.36. The molecule has 0 bridgehead atoms. The van der Waals surface area contributed by atoms with Crippen molar-refractivity contribution in [2.75, 3.05) is 12.4 Å². The molecule has 3 aromatic heterocycles. The predicted octanol–water partition coefficient (Wildman–Crippen LogP) is 2.86. The van der Waals surface area contributed by atoms with Crippen molar-refractivity contribution in [1.82, 2.24) is 24.7 Å². The van der Waals surface area contributed by atoms with Gasteiger partial charge in [-0.2, -0.15) is 5.10 Å². The van der Waals surface area contributed by atoms with Crippen molar-refractivity contribution in [3.05, 3.63) is 28.4 Å². The van der Waals surface area contributed by atoms with Crippen LogP contribution in [0.2, 0.25) is 0 Å². The predicted molar refractivity (Wildman–Crippen MR) is 95.8 cm³/mol. The summed E-state index contributed by atoms with van der Waals surface area (Å²) in [5, 5.41) is 9.41. The Balaban J connectivity index is 1.52. The quantitative estimate of drug-likeness (QED) is 0.774. The summed E-state index contributed by atoms with van der Waals surface area (Å²) in [5.41, 5.74) is 1.44. The minimum Gasteiger partial charge on any atom is -0.377 e. The van der Waals surface area contributed by atoms with Gasteiger partial charge in [0.15, 0.2) is 5.82 Å². The Morgan fingerprint density at radius 1 is 1.32 bits per heavy atom. The van der Waals surface area contributed by atoms with Crippen molar-refractivity contribution >= 4 is 27.4 Å². The van der Waals surface area contributed by atoms with E-state index in [2.05, 4.69) is 25.4 Å². The fraction of sp³-hybridized carbons (Fsp3) is 0.529. The number of aryl methyl sites for hydroxylation is 3. The molecule has 8 heteroatoms. The number of nitrogens with zero attached hydrogens (tertiary/aromatic N) is 5. The molecule has 130 valence electrons. The van der Waals surface area contributed by atoms with Gasteiger partial charge in [-0.1, -0.05) is 0 Å². The minimum absolute atomic E-state index is 0.127. The second-order valence-electron chi connectivity index (χ2n) is 6.64. The number of hydrogen-bond donors (Lipinski definition) is 1. The van der Waals surface area contributed by atoms with Crippen LogP contribution in [0.15, 0.2) is 6.33 Å². The van der Waals surface area contributed by atoms with Crippen molar-refractivity contribution < 1.29 is 4.74 Å². The highest BCUT2D eigenvalue weighted by molar-refractivity contribution is 7.19. The fourth-order valence-electron chi connectivity index (χ4n) is 3.93. The Morgan fingerprint density at radius 3 is 3.20 bits per heavy atom. The van der Waals surface area contributed by atoms with Gasteiger partial charge in [0.05, 0.1) is 11.4 Å². The Morgan fingerprint density at radius 2 is 2.28 bits per heavy atom. The van der Waals surface area contributed by atoms with Gasteiger partial charge in [-0.05, 0) is 37.7 Å². The standard InChI is InChI=1S/C17H20N6OS/c1-24-8-13-21-16-11(5-3-7-23(16)22-13)20-15-14-10-4-2-6-12(10)25-17(14)19-9-18-15/h9,11H,2-8H2,1H3,(H,18,19,20). The number of nitrogens with one attached hydrogen (secondary N) is 1. The molecule has 2 aliphatic rings. The van der Waals surface area contributed by atoms with Gasteiger partial charge < -0.3 is 10.1 Å². The van der Waals surface area contributed by atoms with Crippen molar-refractivity contribution in [3.63, 3.8) is 0 Å². The van der Waals surface area contributed by atoms with E-state index in [9.17, 15) is 0 Å². The first-order valence-corrected chi connectivity index (χ1v) is 9.59. The zero-order chi connectivity index (χ0) is 16.8. The number of rotatable bonds is 4. The molecule has 0 radical (unpaired) electrons. The fourth-order valence-corrected chi connectivity index (χ4v) is 5.16. The molecule has 4 heterocycles. The molecule has 3 aromatic rings. The molecule has 1 aliphatic heterocycles. The smallest absolute Gasteiger partial charge is 0.176 e. The lowest BCUT2D eigenvalue weighted by Crippen LogP contribution is -2.23. The summed E-state index contributed by atoms with van der Waals surface area (Å²) >= 11 is 1.82. The van der Waals surface area contributed by atoms with Crippen LogP contribution in [-0.4, -0.2) is 31.8 Å². The van der Waals surface area contributed by atoms with E-state index >= 15 is 0 Å². The van der Waals surface area contributed by atoms with E-state index in [0.717, 1.165) is 48.1 Å². The number of methoxy groups -OCH3 is 1. The molecule has 7 nitrogen and oxygen atoms in total.